The third-order valence-electron chi connectivity index (χ3n) is 3.02. The topological polar surface area (TPSA) is 0 Å². The van der Waals surface area contributed by atoms with Gasteiger partial charge in [0.2, 0.25) is 0 Å². The third-order valence-corrected chi connectivity index (χ3v) is 3.02. The molecule has 0 saturated carbocycles. The van der Waals surface area contributed by atoms with Crippen molar-refractivity contribution in [2.75, 3.05) is 0 Å². The SMILES string of the molecule is Cc1[c]c(-c2ccccc2C(C)C)cc(C)c1. The lowest BCUT2D eigenvalue weighted by molar-refractivity contribution is 0.869. The molecule has 0 bridgehead atoms. The maximum Gasteiger partial charge on any atom is -0.00669 e. The first-order valence-electron chi connectivity index (χ1n) is 6.18. The van der Waals surface area contributed by atoms with Crippen LogP contribution in [0.3, 0.4) is 0 Å². The molecule has 0 aliphatic rings. The van der Waals surface area contributed by atoms with Crippen LogP contribution in [0.15, 0.2) is 36.4 Å². The first-order chi connectivity index (χ1) is 8.08. The third kappa shape index (κ3) is 2.58. The molecule has 1 radical (unpaired) electrons. The number of benzene rings is 2. The fourth-order valence-electron chi connectivity index (χ4n) is 2.29. The zero-order valence-electron chi connectivity index (χ0n) is 11.0. The van der Waals surface area contributed by atoms with E-state index in [1.165, 1.54) is 27.8 Å². The maximum atomic E-state index is 3.46. The molecule has 0 unspecified atom stereocenters. The van der Waals surface area contributed by atoms with Crippen LogP contribution in [-0.2, 0) is 0 Å². The highest BCUT2D eigenvalue weighted by atomic mass is 14.1. The number of aryl methyl sites for hydroxylation is 2. The molecule has 0 heterocycles. The second-order valence-electron chi connectivity index (χ2n) is 5.00. The van der Waals surface area contributed by atoms with Crippen LogP contribution < -0.4 is 0 Å². The highest BCUT2D eigenvalue weighted by molar-refractivity contribution is 5.68. The van der Waals surface area contributed by atoms with E-state index in [1.807, 2.05) is 0 Å². The highest BCUT2D eigenvalue weighted by Crippen LogP contribution is 2.29. The van der Waals surface area contributed by atoms with Gasteiger partial charge in [-0.25, -0.2) is 0 Å². The molecular formula is C17H19. The molecule has 87 valence electrons. The molecule has 2 rings (SSSR count). The van der Waals surface area contributed by atoms with E-state index in [0.29, 0.717) is 5.92 Å². The minimum Gasteiger partial charge on any atom is -0.0619 e. The van der Waals surface area contributed by atoms with Crippen molar-refractivity contribution >= 4 is 0 Å². The molecule has 0 aromatic heterocycles. The van der Waals surface area contributed by atoms with Gasteiger partial charge in [0.05, 0.1) is 0 Å². The summed E-state index contributed by atoms with van der Waals surface area (Å²) in [6, 6.07) is 16.5. The van der Waals surface area contributed by atoms with Gasteiger partial charge in [0, 0.05) is 0 Å². The van der Waals surface area contributed by atoms with Crippen LogP contribution >= 0.6 is 0 Å². The van der Waals surface area contributed by atoms with Crippen LogP contribution in [0.4, 0.5) is 0 Å². The Kier molecular flexibility index (Phi) is 3.33. The van der Waals surface area contributed by atoms with Crippen LogP contribution in [0.5, 0.6) is 0 Å². The van der Waals surface area contributed by atoms with Gasteiger partial charge in [-0.15, -0.1) is 0 Å². The van der Waals surface area contributed by atoms with Gasteiger partial charge in [-0.3, -0.25) is 0 Å². The second-order valence-corrected chi connectivity index (χ2v) is 5.00. The van der Waals surface area contributed by atoms with E-state index in [9.17, 15) is 0 Å². The van der Waals surface area contributed by atoms with Crippen molar-refractivity contribution in [3.63, 3.8) is 0 Å². The van der Waals surface area contributed by atoms with Crippen LogP contribution in [-0.4, -0.2) is 0 Å². The standard InChI is InChI=1S/C17H19/c1-12(2)16-7-5-6-8-17(16)15-10-13(3)9-14(4)11-15/h5-10,12H,1-4H3. The van der Waals surface area contributed by atoms with E-state index < -0.39 is 0 Å². The van der Waals surface area contributed by atoms with E-state index >= 15 is 0 Å². The highest BCUT2D eigenvalue weighted by Gasteiger charge is 2.08. The molecule has 17 heavy (non-hydrogen) atoms. The number of hydrogen-bond acceptors (Lipinski definition) is 0. The van der Waals surface area contributed by atoms with Crippen molar-refractivity contribution in [2.24, 2.45) is 0 Å². The molecule has 0 saturated heterocycles. The number of rotatable bonds is 2. The van der Waals surface area contributed by atoms with E-state index in [4.69, 9.17) is 0 Å². The van der Waals surface area contributed by atoms with E-state index in [-0.39, 0.29) is 0 Å². The average Bonchev–Trinajstić information content (AvgIpc) is 2.27. The monoisotopic (exact) mass is 223 g/mol. The molecule has 0 heteroatoms. The Morgan fingerprint density at radius 3 is 2.35 bits per heavy atom. The Morgan fingerprint density at radius 2 is 1.71 bits per heavy atom. The Labute approximate surface area is 104 Å². The summed E-state index contributed by atoms with van der Waals surface area (Å²) in [5.74, 6) is 0.542. The summed E-state index contributed by atoms with van der Waals surface area (Å²) in [6.07, 6.45) is 0. The van der Waals surface area contributed by atoms with Crippen molar-refractivity contribution < 1.29 is 0 Å². The molecular weight excluding hydrogens is 204 g/mol. The lowest BCUT2D eigenvalue weighted by Crippen LogP contribution is -1.93. The van der Waals surface area contributed by atoms with Crippen LogP contribution in [0, 0.1) is 19.9 Å². The molecule has 0 fully saturated rings. The molecule has 0 atom stereocenters. The molecule has 0 aliphatic heterocycles. The van der Waals surface area contributed by atoms with Gasteiger partial charge in [-0.2, -0.15) is 0 Å². The molecule has 2 aromatic carbocycles. The first kappa shape index (κ1) is 11.9. The summed E-state index contributed by atoms with van der Waals surface area (Å²) in [5, 5.41) is 0. The molecule has 0 amide bonds. The zero-order chi connectivity index (χ0) is 12.4. The number of hydrogen-bond donors (Lipinski definition) is 0. The Bertz CT molecular complexity index is 501. The van der Waals surface area contributed by atoms with Crippen LogP contribution in [0.1, 0.15) is 36.5 Å². The summed E-state index contributed by atoms with van der Waals surface area (Å²) < 4.78 is 0. The van der Waals surface area contributed by atoms with Crippen molar-refractivity contribution in [3.8, 4) is 11.1 Å². The van der Waals surface area contributed by atoms with Gasteiger partial charge in [-0.1, -0.05) is 55.8 Å². The van der Waals surface area contributed by atoms with E-state index in [2.05, 4.69) is 70.2 Å². The van der Waals surface area contributed by atoms with Crippen molar-refractivity contribution in [1.82, 2.24) is 0 Å². The Balaban J connectivity index is 2.60. The van der Waals surface area contributed by atoms with Gasteiger partial charge >= 0.3 is 0 Å². The molecule has 0 spiro atoms. The van der Waals surface area contributed by atoms with Crippen molar-refractivity contribution in [3.05, 3.63) is 59.2 Å². The molecule has 2 aromatic rings. The quantitative estimate of drug-likeness (QED) is 0.679. The van der Waals surface area contributed by atoms with Gasteiger partial charge < -0.3 is 0 Å². The Morgan fingerprint density at radius 1 is 1.00 bits per heavy atom. The summed E-state index contributed by atoms with van der Waals surface area (Å²) in [6.45, 7) is 8.72. The second kappa shape index (κ2) is 4.75. The van der Waals surface area contributed by atoms with Gasteiger partial charge in [-0.05, 0) is 48.1 Å². The van der Waals surface area contributed by atoms with Crippen molar-refractivity contribution in [2.45, 2.75) is 33.6 Å². The largest absolute Gasteiger partial charge is 0.0619 e. The zero-order valence-corrected chi connectivity index (χ0v) is 11.0. The lowest BCUT2D eigenvalue weighted by Gasteiger charge is -2.13. The van der Waals surface area contributed by atoms with E-state index in [1.54, 1.807) is 0 Å². The normalized spacial score (nSPS) is 10.9. The van der Waals surface area contributed by atoms with Gasteiger partial charge in [0.1, 0.15) is 0 Å². The van der Waals surface area contributed by atoms with Gasteiger partial charge in [0.25, 0.3) is 0 Å². The van der Waals surface area contributed by atoms with Gasteiger partial charge in [0.15, 0.2) is 0 Å². The van der Waals surface area contributed by atoms with E-state index in [0.717, 1.165) is 0 Å². The summed E-state index contributed by atoms with van der Waals surface area (Å²) in [7, 11) is 0. The predicted molar refractivity (Wildman–Crippen MR) is 74.3 cm³/mol. The summed E-state index contributed by atoms with van der Waals surface area (Å²) in [5.41, 5.74) is 6.43. The first-order valence-corrected chi connectivity index (χ1v) is 6.18. The summed E-state index contributed by atoms with van der Waals surface area (Å²) >= 11 is 0. The maximum absolute atomic E-state index is 3.46. The van der Waals surface area contributed by atoms with Crippen molar-refractivity contribution in [1.29, 1.82) is 0 Å². The average molecular weight is 223 g/mol. The van der Waals surface area contributed by atoms with Crippen LogP contribution in [0.25, 0.3) is 11.1 Å². The minimum atomic E-state index is 0.542. The minimum absolute atomic E-state index is 0.542. The summed E-state index contributed by atoms with van der Waals surface area (Å²) in [4.78, 5) is 0. The fraction of sp³-hybridized carbons (Fsp3) is 0.294. The lowest BCUT2D eigenvalue weighted by atomic mass is 9.91. The molecule has 0 aliphatic carbocycles. The molecule has 0 nitrogen and oxygen atoms in total. The fourth-order valence-corrected chi connectivity index (χ4v) is 2.29. The smallest absolute Gasteiger partial charge is 0.00669 e. The Hall–Kier alpha value is -1.56. The molecule has 0 N–H and O–H groups in total. The predicted octanol–water partition coefficient (Wildman–Crippen LogP) is 4.89. The van der Waals surface area contributed by atoms with Crippen LogP contribution in [0.2, 0.25) is 0 Å².